The second-order valence-electron chi connectivity index (χ2n) is 4.30. The first-order valence-electron chi connectivity index (χ1n) is 6.44. The first-order valence-corrected chi connectivity index (χ1v) is 6.44. The van der Waals surface area contributed by atoms with Gasteiger partial charge in [-0.05, 0) is 26.9 Å². The van der Waals surface area contributed by atoms with Crippen LogP contribution < -0.4 is 5.32 Å². The van der Waals surface area contributed by atoms with Crippen molar-refractivity contribution in [3.05, 3.63) is 0 Å². The zero-order valence-electron chi connectivity index (χ0n) is 11.9. The van der Waals surface area contributed by atoms with Crippen molar-refractivity contribution in [2.24, 2.45) is 0 Å². The highest BCUT2D eigenvalue weighted by Crippen LogP contribution is 2.31. The van der Waals surface area contributed by atoms with Gasteiger partial charge in [0.2, 0.25) is 5.54 Å². The molecule has 0 aliphatic heterocycles. The van der Waals surface area contributed by atoms with Crippen LogP contribution in [-0.2, 0) is 9.53 Å². The van der Waals surface area contributed by atoms with E-state index >= 15 is 0 Å². The normalized spacial score (nSPS) is 15.4. The number of carbonyl (C=O) groups is 1. The molecule has 19 heavy (non-hydrogen) atoms. The lowest BCUT2D eigenvalue weighted by atomic mass is 10.0. The van der Waals surface area contributed by atoms with Crippen LogP contribution in [0.2, 0.25) is 0 Å². The molecule has 0 rings (SSSR count). The number of carbonyl (C=O) groups excluding carboxylic acids is 1. The number of alkyl halides is 3. The van der Waals surface area contributed by atoms with Crippen LogP contribution >= 0.6 is 0 Å². The summed E-state index contributed by atoms with van der Waals surface area (Å²) in [7, 11) is 0. The first kappa shape index (κ1) is 18.2. The van der Waals surface area contributed by atoms with Gasteiger partial charge in [0.15, 0.2) is 0 Å². The highest BCUT2D eigenvalue weighted by molar-refractivity contribution is 5.81. The van der Waals surface area contributed by atoms with Crippen molar-refractivity contribution in [1.82, 2.24) is 10.2 Å². The summed E-state index contributed by atoms with van der Waals surface area (Å²) in [6, 6.07) is 0. The van der Waals surface area contributed by atoms with Crippen molar-refractivity contribution >= 4 is 5.97 Å². The van der Waals surface area contributed by atoms with E-state index < -0.39 is 17.7 Å². The van der Waals surface area contributed by atoms with Gasteiger partial charge in [0, 0.05) is 13.1 Å². The van der Waals surface area contributed by atoms with E-state index in [1.165, 1.54) is 6.92 Å². The van der Waals surface area contributed by atoms with E-state index in [1.807, 2.05) is 18.7 Å². The Labute approximate surface area is 112 Å². The predicted octanol–water partition coefficient (Wildman–Crippen LogP) is 1.80. The number of esters is 1. The van der Waals surface area contributed by atoms with E-state index in [4.69, 9.17) is 0 Å². The Bertz CT molecular complexity index is 281. The number of hydrogen-bond acceptors (Lipinski definition) is 4. The molecule has 114 valence electrons. The molecule has 0 fully saturated rings. The molecule has 0 spiro atoms. The molecule has 4 nitrogen and oxygen atoms in total. The summed E-state index contributed by atoms with van der Waals surface area (Å²) in [6.45, 7) is 8.07. The van der Waals surface area contributed by atoms with Crippen LogP contribution in [0.5, 0.6) is 0 Å². The van der Waals surface area contributed by atoms with Crippen LogP contribution in [0.25, 0.3) is 0 Å². The van der Waals surface area contributed by atoms with E-state index in [0.717, 1.165) is 20.0 Å². The lowest BCUT2D eigenvalue weighted by Gasteiger charge is -2.31. The molecule has 0 saturated carbocycles. The number of likely N-dealkylation sites (N-methyl/N-ethyl adjacent to an activating group) is 1. The molecule has 0 amide bonds. The Hall–Kier alpha value is -0.820. The van der Waals surface area contributed by atoms with Crippen LogP contribution in [0.15, 0.2) is 0 Å². The van der Waals surface area contributed by atoms with Gasteiger partial charge in [0.1, 0.15) is 0 Å². The molecule has 0 aromatic carbocycles. The average Bonchev–Trinajstić information content (AvgIpc) is 2.33. The fourth-order valence-electron chi connectivity index (χ4n) is 1.57. The average molecular weight is 284 g/mol. The van der Waals surface area contributed by atoms with Crippen LogP contribution in [0.4, 0.5) is 13.2 Å². The van der Waals surface area contributed by atoms with Crippen molar-refractivity contribution in [3.63, 3.8) is 0 Å². The number of halogens is 3. The predicted molar refractivity (Wildman–Crippen MR) is 66.9 cm³/mol. The van der Waals surface area contributed by atoms with Gasteiger partial charge in [0.05, 0.1) is 6.61 Å². The lowest BCUT2D eigenvalue weighted by Crippen LogP contribution is -2.61. The monoisotopic (exact) mass is 284 g/mol. The molecule has 1 unspecified atom stereocenters. The van der Waals surface area contributed by atoms with Crippen molar-refractivity contribution in [1.29, 1.82) is 0 Å². The molecule has 0 heterocycles. The highest BCUT2D eigenvalue weighted by Gasteiger charge is 2.57. The Balaban J connectivity index is 4.66. The van der Waals surface area contributed by atoms with Crippen molar-refractivity contribution < 1.29 is 22.7 Å². The summed E-state index contributed by atoms with van der Waals surface area (Å²) in [5, 5.41) is 2.28. The fourth-order valence-corrected chi connectivity index (χ4v) is 1.57. The standard InChI is InChI=1S/C12H23F3N2O2/c1-5-17(6-2)9-8-16-11(4,12(13,14)15)10(18)19-7-3/h16H,5-9H2,1-4H3. The molecule has 0 radical (unpaired) electrons. The zero-order valence-corrected chi connectivity index (χ0v) is 11.9. The minimum atomic E-state index is -4.69. The number of rotatable bonds is 8. The van der Waals surface area contributed by atoms with Gasteiger partial charge in [0.25, 0.3) is 0 Å². The zero-order chi connectivity index (χ0) is 15.1. The first-order chi connectivity index (χ1) is 8.72. The minimum Gasteiger partial charge on any atom is -0.464 e. The van der Waals surface area contributed by atoms with Gasteiger partial charge < -0.3 is 9.64 Å². The summed E-state index contributed by atoms with van der Waals surface area (Å²) < 4.78 is 43.5. The Morgan fingerprint density at radius 1 is 1.21 bits per heavy atom. The summed E-state index contributed by atoms with van der Waals surface area (Å²) in [4.78, 5) is 13.5. The Kier molecular flexibility index (Phi) is 7.36. The Morgan fingerprint density at radius 3 is 2.11 bits per heavy atom. The second kappa shape index (κ2) is 7.69. The lowest BCUT2D eigenvalue weighted by molar-refractivity contribution is -0.209. The smallest absolute Gasteiger partial charge is 0.417 e. The molecule has 0 aromatic heterocycles. The number of hydrogen-bond donors (Lipinski definition) is 1. The van der Waals surface area contributed by atoms with Gasteiger partial charge in [-0.3, -0.25) is 5.32 Å². The highest BCUT2D eigenvalue weighted by atomic mass is 19.4. The molecule has 7 heteroatoms. The quantitative estimate of drug-likeness (QED) is 0.690. The molecule has 0 aliphatic rings. The van der Waals surface area contributed by atoms with Crippen LogP contribution in [-0.4, -0.2) is 55.4 Å². The summed E-state index contributed by atoms with van der Waals surface area (Å²) >= 11 is 0. The second-order valence-corrected chi connectivity index (χ2v) is 4.30. The van der Waals surface area contributed by atoms with Crippen LogP contribution in [0, 0.1) is 0 Å². The van der Waals surface area contributed by atoms with E-state index in [-0.39, 0.29) is 13.2 Å². The molecule has 0 aromatic rings. The SMILES string of the molecule is CCOC(=O)C(C)(NCCN(CC)CC)C(F)(F)F. The van der Waals surface area contributed by atoms with E-state index in [9.17, 15) is 18.0 Å². The third-order valence-electron chi connectivity index (χ3n) is 3.05. The number of nitrogens with one attached hydrogen (secondary N) is 1. The number of nitrogens with zero attached hydrogens (tertiary/aromatic N) is 1. The molecule has 1 N–H and O–H groups in total. The maximum Gasteiger partial charge on any atom is 0.417 e. The summed E-state index contributed by atoms with van der Waals surface area (Å²) in [5.41, 5.74) is -2.66. The summed E-state index contributed by atoms with van der Waals surface area (Å²) in [5.74, 6) is -1.29. The third-order valence-corrected chi connectivity index (χ3v) is 3.05. The molecule has 0 aliphatic carbocycles. The van der Waals surface area contributed by atoms with E-state index in [2.05, 4.69) is 10.1 Å². The van der Waals surface area contributed by atoms with Gasteiger partial charge in [-0.15, -0.1) is 0 Å². The maximum atomic E-state index is 13.0. The van der Waals surface area contributed by atoms with Gasteiger partial charge in [-0.1, -0.05) is 13.8 Å². The molecule has 0 saturated heterocycles. The van der Waals surface area contributed by atoms with Crippen LogP contribution in [0.3, 0.4) is 0 Å². The minimum absolute atomic E-state index is 0.0660. The van der Waals surface area contributed by atoms with Crippen molar-refractivity contribution in [2.45, 2.75) is 39.4 Å². The Morgan fingerprint density at radius 2 is 1.74 bits per heavy atom. The molecule has 1 atom stereocenters. The van der Waals surface area contributed by atoms with Gasteiger partial charge in [-0.2, -0.15) is 13.2 Å². The number of ether oxygens (including phenoxy) is 1. The molecular weight excluding hydrogens is 261 g/mol. The largest absolute Gasteiger partial charge is 0.464 e. The van der Waals surface area contributed by atoms with Crippen LogP contribution in [0.1, 0.15) is 27.7 Å². The third kappa shape index (κ3) is 4.99. The van der Waals surface area contributed by atoms with E-state index in [1.54, 1.807) is 0 Å². The fraction of sp³-hybridized carbons (Fsp3) is 0.917. The van der Waals surface area contributed by atoms with Crippen molar-refractivity contribution in [3.8, 4) is 0 Å². The molecule has 0 bridgehead atoms. The van der Waals surface area contributed by atoms with Gasteiger partial charge in [-0.25, -0.2) is 4.79 Å². The maximum absolute atomic E-state index is 13.0. The summed E-state index contributed by atoms with van der Waals surface area (Å²) in [6.07, 6.45) is -4.69. The molecular formula is C12H23F3N2O2. The van der Waals surface area contributed by atoms with Gasteiger partial charge >= 0.3 is 12.1 Å². The topological polar surface area (TPSA) is 41.6 Å². The van der Waals surface area contributed by atoms with Crippen molar-refractivity contribution in [2.75, 3.05) is 32.8 Å². The van der Waals surface area contributed by atoms with E-state index in [0.29, 0.717) is 6.54 Å².